The summed E-state index contributed by atoms with van der Waals surface area (Å²) >= 11 is 0. The molecule has 1 atom stereocenters. The molecule has 2 saturated heterocycles. The fourth-order valence-corrected chi connectivity index (χ4v) is 4.28. The Morgan fingerprint density at radius 1 is 1.00 bits per heavy atom. The quantitative estimate of drug-likeness (QED) is 0.831. The molecule has 152 valence electrons. The van der Waals surface area contributed by atoms with Gasteiger partial charge in [-0.15, -0.1) is 0 Å². The average Bonchev–Trinajstić information content (AvgIpc) is 3.59. The molecule has 6 heteroatoms. The monoisotopic (exact) mass is 384 g/mol. The molecule has 1 aliphatic carbocycles. The maximum absolute atomic E-state index is 12.9. The van der Waals surface area contributed by atoms with Crippen LogP contribution < -0.4 is 5.32 Å². The Morgan fingerprint density at radius 3 is 2.32 bits per heavy atom. The molecule has 1 aromatic carbocycles. The van der Waals surface area contributed by atoms with Gasteiger partial charge in [-0.05, 0) is 30.4 Å². The molecule has 2 amide bonds. The number of piperazine rings is 2. The number of nitrogens with one attached hydrogen (secondary N) is 1. The van der Waals surface area contributed by atoms with Crippen LogP contribution in [0.5, 0.6) is 0 Å². The van der Waals surface area contributed by atoms with Crippen molar-refractivity contribution in [1.29, 1.82) is 0 Å². The maximum atomic E-state index is 12.9. The lowest BCUT2D eigenvalue weighted by Gasteiger charge is -2.39. The van der Waals surface area contributed by atoms with Gasteiger partial charge < -0.3 is 15.1 Å². The SMILES string of the molecule is CCc1ccc(C2CNCCN2CC(=O)N2CCN(C(=O)C3CC3)CC2)cc1. The van der Waals surface area contributed by atoms with Crippen LogP contribution in [0.4, 0.5) is 0 Å². The first-order valence-electron chi connectivity index (χ1n) is 10.8. The van der Waals surface area contributed by atoms with Gasteiger partial charge in [0.15, 0.2) is 0 Å². The summed E-state index contributed by atoms with van der Waals surface area (Å²) in [6.07, 6.45) is 3.13. The van der Waals surface area contributed by atoms with Crippen molar-refractivity contribution in [1.82, 2.24) is 20.0 Å². The van der Waals surface area contributed by atoms with E-state index in [4.69, 9.17) is 0 Å². The summed E-state index contributed by atoms with van der Waals surface area (Å²) in [5.41, 5.74) is 2.62. The average molecular weight is 385 g/mol. The first-order valence-corrected chi connectivity index (χ1v) is 10.8. The number of amides is 2. The normalized spacial score (nSPS) is 23.7. The first-order chi connectivity index (χ1) is 13.7. The van der Waals surface area contributed by atoms with Crippen molar-refractivity contribution in [2.75, 3.05) is 52.4 Å². The number of carbonyl (C=O) groups excluding carboxylic acids is 2. The van der Waals surface area contributed by atoms with Crippen LogP contribution in [0.3, 0.4) is 0 Å². The van der Waals surface area contributed by atoms with E-state index in [1.807, 2.05) is 9.80 Å². The van der Waals surface area contributed by atoms with Gasteiger partial charge >= 0.3 is 0 Å². The fourth-order valence-electron chi connectivity index (χ4n) is 4.28. The van der Waals surface area contributed by atoms with Gasteiger partial charge in [0, 0.05) is 57.8 Å². The summed E-state index contributed by atoms with van der Waals surface area (Å²) in [7, 11) is 0. The Morgan fingerprint density at radius 2 is 1.68 bits per heavy atom. The van der Waals surface area contributed by atoms with E-state index < -0.39 is 0 Å². The van der Waals surface area contributed by atoms with Gasteiger partial charge in [0.1, 0.15) is 0 Å². The second-order valence-corrected chi connectivity index (χ2v) is 8.27. The summed E-state index contributed by atoms with van der Waals surface area (Å²) in [5.74, 6) is 0.753. The van der Waals surface area contributed by atoms with Crippen LogP contribution in [0.2, 0.25) is 0 Å². The number of benzene rings is 1. The minimum atomic E-state index is 0.190. The van der Waals surface area contributed by atoms with Crippen LogP contribution in [-0.2, 0) is 16.0 Å². The van der Waals surface area contributed by atoms with Crippen LogP contribution >= 0.6 is 0 Å². The van der Waals surface area contributed by atoms with E-state index in [0.29, 0.717) is 38.6 Å². The first kappa shape index (κ1) is 19.4. The smallest absolute Gasteiger partial charge is 0.236 e. The lowest BCUT2D eigenvalue weighted by atomic mass is 10.0. The molecule has 28 heavy (non-hydrogen) atoms. The summed E-state index contributed by atoms with van der Waals surface area (Å²) in [6, 6.07) is 9.04. The third kappa shape index (κ3) is 4.39. The largest absolute Gasteiger partial charge is 0.339 e. The highest BCUT2D eigenvalue weighted by molar-refractivity contribution is 5.82. The van der Waals surface area contributed by atoms with Crippen molar-refractivity contribution >= 4 is 11.8 Å². The number of nitrogens with zero attached hydrogens (tertiary/aromatic N) is 3. The standard InChI is InChI=1S/C22H32N4O2/c1-2-17-3-5-18(6-4-17)20-15-23-9-10-26(20)16-21(27)24-11-13-25(14-12-24)22(28)19-7-8-19/h3-6,19-20,23H,2,7-16H2,1H3. The van der Waals surface area contributed by atoms with Crippen LogP contribution in [0.25, 0.3) is 0 Å². The van der Waals surface area contributed by atoms with Crippen LogP contribution in [0.15, 0.2) is 24.3 Å². The van der Waals surface area contributed by atoms with E-state index in [1.165, 1.54) is 11.1 Å². The number of hydrogen-bond acceptors (Lipinski definition) is 4. The molecule has 0 spiro atoms. The minimum absolute atomic E-state index is 0.190. The van der Waals surface area contributed by atoms with Crippen molar-refractivity contribution in [2.24, 2.45) is 5.92 Å². The van der Waals surface area contributed by atoms with E-state index in [2.05, 4.69) is 41.4 Å². The number of hydrogen-bond donors (Lipinski definition) is 1. The molecular formula is C22H32N4O2. The highest BCUT2D eigenvalue weighted by Crippen LogP contribution is 2.31. The van der Waals surface area contributed by atoms with E-state index in [9.17, 15) is 9.59 Å². The van der Waals surface area contributed by atoms with Gasteiger partial charge in [0.25, 0.3) is 0 Å². The number of rotatable bonds is 5. The lowest BCUT2D eigenvalue weighted by molar-refractivity contribution is -0.141. The summed E-state index contributed by atoms with van der Waals surface area (Å²) < 4.78 is 0. The van der Waals surface area contributed by atoms with Crippen molar-refractivity contribution in [3.63, 3.8) is 0 Å². The topological polar surface area (TPSA) is 55.9 Å². The minimum Gasteiger partial charge on any atom is -0.339 e. The van der Waals surface area contributed by atoms with Gasteiger partial charge in [-0.25, -0.2) is 0 Å². The zero-order chi connectivity index (χ0) is 19.5. The van der Waals surface area contributed by atoms with Gasteiger partial charge in [-0.3, -0.25) is 14.5 Å². The van der Waals surface area contributed by atoms with Gasteiger partial charge in [0.05, 0.1) is 6.54 Å². The van der Waals surface area contributed by atoms with Crippen LogP contribution in [0, 0.1) is 5.92 Å². The molecule has 6 nitrogen and oxygen atoms in total. The fraction of sp³-hybridized carbons (Fsp3) is 0.636. The maximum Gasteiger partial charge on any atom is 0.236 e. The number of carbonyl (C=O) groups is 2. The molecular weight excluding hydrogens is 352 g/mol. The van der Waals surface area contributed by atoms with Gasteiger partial charge in [-0.2, -0.15) is 0 Å². The molecule has 0 aromatic heterocycles. The molecule has 2 aliphatic heterocycles. The molecule has 0 bridgehead atoms. The van der Waals surface area contributed by atoms with Crippen molar-refractivity contribution in [2.45, 2.75) is 32.2 Å². The molecule has 1 aromatic rings. The highest BCUT2D eigenvalue weighted by atomic mass is 16.2. The van der Waals surface area contributed by atoms with Gasteiger partial charge in [0.2, 0.25) is 11.8 Å². The molecule has 1 unspecified atom stereocenters. The molecule has 4 rings (SSSR count). The summed E-state index contributed by atoms with van der Waals surface area (Å²) in [6.45, 7) is 8.00. The summed E-state index contributed by atoms with van der Waals surface area (Å²) in [4.78, 5) is 31.3. The highest BCUT2D eigenvalue weighted by Gasteiger charge is 2.35. The van der Waals surface area contributed by atoms with Crippen LogP contribution in [0.1, 0.15) is 36.9 Å². The third-order valence-electron chi connectivity index (χ3n) is 6.34. The number of aryl methyl sites for hydroxylation is 1. The molecule has 0 radical (unpaired) electrons. The van der Waals surface area contributed by atoms with Crippen molar-refractivity contribution in [3.05, 3.63) is 35.4 Å². The van der Waals surface area contributed by atoms with E-state index in [0.717, 1.165) is 38.9 Å². The summed E-state index contributed by atoms with van der Waals surface area (Å²) in [5, 5.41) is 3.47. The predicted octanol–water partition coefficient (Wildman–Crippen LogP) is 1.28. The zero-order valence-electron chi connectivity index (χ0n) is 16.9. The molecule has 2 heterocycles. The van der Waals surface area contributed by atoms with Crippen LogP contribution in [-0.4, -0.2) is 78.9 Å². The molecule has 3 fully saturated rings. The van der Waals surface area contributed by atoms with Crippen molar-refractivity contribution in [3.8, 4) is 0 Å². The van der Waals surface area contributed by atoms with E-state index in [-0.39, 0.29) is 17.9 Å². The predicted molar refractivity (Wildman–Crippen MR) is 109 cm³/mol. The Bertz CT molecular complexity index is 693. The van der Waals surface area contributed by atoms with Gasteiger partial charge in [-0.1, -0.05) is 31.2 Å². The van der Waals surface area contributed by atoms with E-state index in [1.54, 1.807) is 0 Å². The van der Waals surface area contributed by atoms with Crippen molar-refractivity contribution < 1.29 is 9.59 Å². The Kier molecular flexibility index (Phi) is 5.97. The lowest BCUT2D eigenvalue weighted by Crippen LogP contribution is -2.55. The molecule has 1 N–H and O–H groups in total. The third-order valence-corrected chi connectivity index (χ3v) is 6.34. The molecule has 1 saturated carbocycles. The Labute approximate surface area is 167 Å². The zero-order valence-corrected chi connectivity index (χ0v) is 16.9. The molecule has 3 aliphatic rings. The second-order valence-electron chi connectivity index (χ2n) is 8.27. The second kappa shape index (κ2) is 8.62. The van der Waals surface area contributed by atoms with E-state index >= 15 is 0 Å². The Balaban J connectivity index is 1.33. The Hall–Kier alpha value is -1.92.